The van der Waals surface area contributed by atoms with E-state index in [0.29, 0.717) is 25.7 Å². The van der Waals surface area contributed by atoms with Crippen molar-refractivity contribution in [2.24, 2.45) is 5.92 Å². The first-order valence-electron chi connectivity index (χ1n) is 7.55. The largest absolute Gasteiger partial charge is 0.390 e. The summed E-state index contributed by atoms with van der Waals surface area (Å²) in [7, 11) is 1.75. The number of amides is 1. The molecule has 1 heterocycles. The maximum Gasteiger partial charge on any atom is 0.225 e. The molecule has 2 aliphatic rings. The third kappa shape index (κ3) is 3.71. The third-order valence-electron chi connectivity index (χ3n) is 4.37. The molecule has 1 aliphatic carbocycles. The van der Waals surface area contributed by atoms with Crippen molar-refractivity contribution in [3.05, 3.63) is 0 Å². The Labute approximate surface area is 121 Å². The molecule has 0 aromatic rings. The number of nitrogens with zero attached hydrogens (tertiary/aromatic N) is 1. The van der Waals surface area contributed by atoms with Gasteiger partial charge >= 0.3 is 0 Å². The molecular formula is C15H27NO4. The van der Waals surface area contributed by atoms with Gasteiger partial charge in [-0.05, 0) is 26.7 Å². The number of hydrogen-bond acceptors (Lipinski definition) is 4. The number of morpholine rings is 1. The lowest BCUT2D eigenvalue weighted by atomic mass is 9.93. The first kappa shape index (κ1) is 15.7. The molecule has 0 bridgehead atoms. The Kier molecular flexibility index (Phi) is 5.04. The summed E-state index contributed by atoms with van der Waals surface area (Å²) in [5.74, 6) is 0.374. The molecule has 1 aliphatic heterocycles. The van der Waals surface area contributed by atoms with Crippen molar-refractivity contribution in [1.29, 1.82) is 0 Å². The van der Waals surface area contributed by atoms with E-state index in [9.17, 15) is 9.90 Å². The number of ether oxygens (including phenoxy) is 2. The molecule has 116 valence electrons. The Morgan fingerprint density at radius 2 is 2.20 bits per heavy atom. The molecule has 3 atom stereocenters. The van der Waals surface area contributed by atoms with Crippen LogP contribution < -0.4 is 0 Å². The van der Waals surface area contributed by atoms with Crippen molar-refractivity contribution in [3.63, 3.8) is 0 Å². The summed E-state index contributed by atoms with van der Waals surface area (Å²) in [5.41, 5.74) is -0.962. The first-order chi connectivity index (χ1) is 9.42. The topological polar surface area (TPSA) is 59.0 Å². The van der Waals surface area contributed by atoms with Gasteiger partial charge in [0.05, 0.1) is 37.4 Å². The van der Waals surface area contributed by atoms with Gasteiger partial charge in [-0.3, -0.25) is 4.79 Å². The molecular weight excluding hydrogens is 258 g/mol. The molecule has 0 unspecified atom stereocenters. The summed E-state index contributed by atoms with van der Waals surface area (Å²) in [4.78, 5) is 14.4. The molecule has 0 radical (unpaired) electrons. The molecule has 1 saturated heterocycles. The zero-order valence-corrected chi connectivity index (χ0v) is 12.8. The average molecular weight is 285 g/mol. The maximum absolute atomic E-state index is 12.4. The van der Waals surface area contributed by atoms with Gasteiger partial charge in [-0.15, -0.1) is 0 Å². The van der Waals surface area contributed by atoms with Crippen LogP contribution in [0, 0.1) is 5.92 Å². The predicted octanol–water partition coefficient (Wildman–Crippen LogP) is 1.19. The summed E-state index contributed by atoms with van der Waals surface area (Å²) in [6.07, 6.45) is 3.67. The summed E-state index contributed by atoms with van der Waals surface area (Å²) in [5, 5.41) is 9.87. The van der Waals surface area contributed by atoms with Gasteiger partial charge in [-0.1, -0.05) is 6.42 Å². The molecule has 1 N–H and O–H groups in total. The van der Waals surface area contributed by atoms with E-state index < -0.39 is 5.60 Å². The van der Waals surface area contributed by atoms with E-state index >= 15 is 0 Å². The molecule has 1 saturated carbocycles. The molecule has 1 amide bonds. The van der Waals surface area contributed by atoms with Crippen molar-refractivity contribution < 1.29 is 19.4 Å². The molecule has 0 spiro atoms. The fraction of sp³-hybridized carbons (Fsp3) is 0.933. The van der Waals surface area contributed by atoms with E-state index in [-0.39, 0.29) is 24.5 Å². The Morgan fingerprint density at radius 3 is 2.85 bits per heavy atom. The second kappa shape index (κ2) is 6.41. The van der Waals surface area contributed by atoms with Crippen molar-refractivity contribution in [2.75, 3.05) is 26.9 Å². The first-order valence-corrected chi connectivity index (χ1v) is 7.55. The van der Waals surface area contributed by atoms with Gasteiger partial charge in [0.1, 0.15) is 0 Å². The fourth-order valence-electron chi connectivity index (χ4n) is 3.45. The Morgan fingerprint density at radius 1 is 1.45 bits per heavy atom. The van der Waals surface area contributed by atoms with Crippen LogP contribution in [0.2, 0.25) is 0 Å². The molecule has 2 rings (SSSR count). The van der Waals surface area contributed by atoms with Crippen molar-refractivity contribution >= 4 is 5.91 Å². The van der Waals surface area contributed by atoms with Crippen LogP contribution in [0.1, 0.15) is 39.5 Å². The lowest BCUT2D eigenvalue weighted by Gasteiger charge is -2.41. The molecule has 0 aromatic heterocycles. The summed E-state index contributed by atoms with van der Waals surface area (Å²) < 4.78 is 11.1. The van der Waals surface area contributed by atoms with Gasteiger partial charge in [0.15, 0.2) is 0 Å². The number of hydrogen-bond donors (Lipinski definition) is 1. The second-order valence-corrected chi connectivity index (χ2v) is 6.59. The highest BCUT2D eigenvalue weighted by Gasteiger charge is 2.40. The Hall–Kier alpha value is -0.650. The van der Waals surface area contributed by atoms with Gasteiger partial charge in [0.25, 0.3) is 0 Å². The third-order valence-corrected chi connectivity index (χ3v) is 4.37. The zero-order valence-electron chi connectivity index (χ0n) is 12.8. The van der Waals surface area contributed by atoms with Crippen LogP contribution in [0.5, 0.6) is 0 Å². The van der Waals surface area contributed by atoms with Crippen LogP contribution >= 0.6 is 0 Å². The second-order valence-electron chi connectivity index (χ2n) is 6.59. The summed E-state index contributed by atoms with van der Waals surface area (Å²) in [6, 6.07) is 0.0889. The van der Waals surface area contributed by atoms with E-state index in [2.05, 4.69) is 0 Å². The maximum atomic E-state index is 12.4. The lowest BCUT2D eigenvalue weighted by molar-refractivity contribution is -0.148. The number of carbonyl (C=O) groups excluding carboxylic acids is 1. The smallest absolute Gasteiger partial charge is 0.225 e. The van der Waals surface area contributed by atoms with Crippen LogP contribution in [0.4, 0.5) is 0 Å². The summed E-state index contributed by atoms with van der Waals surface area (Å²) in [6.45, 7) is 5.13. The van der Waals surface area contributed by atoms with Gasteiger partial charge in [0.2, 0.25) is 5.91 Å². The predicted molar refractivity (Wildman–Crippen MR) is 75.4 cm³/mol. The lowest BCUT2D eigenvalue weighted by Crippen LogP contribution is -2.54. The minimum absolute atomic E-state index is 0.0209. The quantitative estimate of drug-likeness (QED) is 0.843. The molecule has 20 heavy (non-hydrogen) atoms. The van der Waals surface area contributed by atoms with Gasteiger partial charge in [0, 0.05) is 19.6 Å². The summed E-state index contributed by atoms with van der Waals surface area (Å²) >= 11 is 0. The standard InChI is InChI=1S/C15H27NO4/c1-15(2,18)9-14(17)16-7-8-20-10-12(16)11-5-4-6-13(11)19-3/h11-13,18H,4-10H2,1-3H3/t11-,12-,13+/m0/s1. The van der Waals surface area contributed by atoms with Crippen LogP contribution in [-0.2, 0) is 14.3 Å². The van der Waals surface area contributed by atoms with Crippen molar-refractivity contribution in [3.8, 4) is 0 Å². The zero-order chi connectivity index (χ0) is 14.8. The van der Waals surface area contributed by atoms with Crippen LogP contribution in [0.15, 0.2) is 0 Å². The molecule has 5 heteroatoms. The van der Waals surface area contributed by atoms with E-state index in [1.54, 1.807) is 21.0 Å². The van der Waals surface area contributed by atoms with Gasteiger partial charge < -0.3 is 19.5 Å². The fourth-order valence-corrected chi connectivity index (χ4v) is 3.45. The molecule has 0 aromatic carbocycles. The molecule has 5 nitrogen and oxygen atoms in total. The van der Waals surface area contributed by atoms with Crippen LogP contribution in [0.3, 0.4) is 0 Å². The van der Waals surface area contributed by atoms with Gasteiger partial charge in [-0.2, -0.15) is 0 Å². The SMILES string of the molecule is CO[C@@H]1CCC[C@H]1[C@@H]1COCCN1C(=O)CC(C)(C)O. The van der Waals surface area contributed by atoms with E-state index in [1.807, 2.05) is 4.90 Å². The number of rotatable bonds is 4. The normalized spacial score (nSPS) is 31.6. The highest BCUT2D eigenvalue weighted by Crippen LogP contribution is 2.34. The molecule has 2 fully saturated rings. The number of aliphatic hydroxyl groups is 1. The van der Waals surface area contributed by atoms with Crippen molar-refractivity contribution in [1.82, 2.24) is 4.90 Å². The van der Waals surface area contributed by atoms with E-state index in [0.717, 1.165) is 19.3 Å². The Balaban J connectivity index is 2.07. The minimum Gasteiger partial charge on any atom is -0.390 e. The highest BCUT2D eigenvalue weighted by molar-refractivity contribution is 5.77. The van der Waals surface area contributed by atoms with Crippen LogP contribution in [-0.4, -0.2) is 60.5 Å². The monoisotopic (exact) mass is 285 g/mol. The van der Waals surface area contributed by atoms with E-state index in [1.165, 1.54) is 0 Å². The number of carbonyl (C=O) groups is 1. The average Bonchev–Trinajstić information content (AvgIpc) is 2.84. The van der Waals surface area contributed by atoms with E-state index in [4.69, 9.17) is 9.47 Å². The number of methoxy groups -OCH3 is 1. The van der Waals surface area contributed by atoms with Gasteiger partial charge in [-0.25, -0.2) is 0 Å². The highest BCUT2D eigenvalue weighted by atomic mass is 16.5. The minimum atomic E-state index is -0.962. The van der Waals surface area contributed by atoms with Crippen molar-refractivity contribution in [2.45, 2.75) is 57.3 Å². The van der Waals surface area contributed by atoms with Crippen LogP contribution in [0.25, 0.3) is 0 Å². The Bertz CT molecular complexity index is 339.